The van der Waals surface area contributed by atoms with Gasteiger partial charge in [-0.15, -0.1) is 21.5 Å². The van der Waals surface area contributed by atoms with Crippen LogP contribution >= 0.6 is 34.5 Å². The fraction of sp³-hybridized carbons (Fsp3) is 0.240. The maximum absolute atomic E-state index is 6.55. The number of aromatic nitrogens is 6. The molecule has 0 amide bonds. The van der Waals surface area contributed by atoms with Crippen LogP contribution in [0.3, 0.4) is 0 Å². The van der Waals surface area contributed by atoms with Gasteiger partial charge in [-0.25, -0.2) is 4.98 Å². The SMILES string of the molecule is Cc1csc(C2(N)CN(c3ccc(-c4n[nH]c5ccc(O[C@H](C)c6c(Cl)cncc6Cl)cc45)nn3)C2)n1. The minimum atomic E-state index is -0.448. The second-order valence-electron chi connectivity index (χ2n) is 9.14. The van der Waals surface area contributed by atoms with Crippen LogP contribution < -0.4 is 15.4 Å². The molecule has 1 saturated heterocycles. The first-order valence-electron chi connectivity index (χ1n) is 11.5. The number of anilines is 1. The van der Waals surface area contributed by atoms with E-state index in [2.05, 4.69) is 35.3 Å². The van der Waals surface area contributed by atoms with E-state index >= 15 is 0 Å². The number of nitrogens with two attached hydrogens (primary N) is 1. The van der Waals surface area contributed by atoms with E-state index in [4.69, 9.17) is 33.7 Å². The van der Waals surface area contributed by atoms with Gasteiger partial charge >= 0.3 is 0 Å². The Hall–Kier alpha value is -3.31. The lowest BCUT2D eigenvalue weighted by atomic mass is 9.92. The van der Waals surface area contributed by atoms with Gasteiger partial charge in [0.1, 0.15) is 33.8 Å². The molecule has 0 aliphatic carbocycles. The summed E-state index contributed by atoms with van der Waals surface area (Å²) in [6.07, 6.45) is 2.72. The maximum Gasteiger partial charge on any atom is 0.151 e. The zero-order chi connectivity index (χ0) is 25.7. The number of pyridine rings is 1. The topological polar surface area (TPSA) is 119 Å². The van der Waals surface area contributed by atoms with Crippen molar-refractivity contribution in [1.29, 1.82) is 0 Å². The molecule has 3 N–H and O–H groups in total. The average Bonchev–Trinajstić information content (AvgIpc) is 3.48. The summed E-state index contributed by atoms with van der Waals surface area (Å²) < 4.78 is 6.16. The summed E-state index contributed by atoms with van der Waals surface area (Å²) in [5, 5.41) is 21.2. The number of thiazole rings is 1. The van der Waals surface area contributed by atoms with Crippen molar-refractivity contribution < 1.29 is 4.74 Å². The third-order valence-electron chi connectivity index (χ3n) is 6.35. The van der Waals surface area contributed by atoms with E-state index < -0.39 is 5.54 Å². The lowest BCUT2D eigenvalue weighted by Crippen LogP contribution is -2.65. The zero-order valence-corrected chi connectivity index (χ0v) is 22.3. The van der Waals surface area contributed by atoms with Gasteiger partial charge in [-0.3, -0.25) is 10.1 Å². The lowest BCUT2D eigenvalue weighted by Gasteiger charge is -2.46. The number of ether oxygens (including phenoxy) is 1. The predicted molar refractivity (Wildman–Crippen MR) is 145 cm³/mol. The van der Waals surface area contributed by atoms with Crippen molar-refractivity contribution in [3.63, 3.8) is 0 Å². The number of benzene rings is 1. The molecule has 5 heterocycles. The van der Waals surface area contributed by atoms with E-state index in [1.165, 1.54) is 0 Å². The Balaban J connectivity index is 1.21. The molecule has 1 aliphatic rings. The summed E-state index contributed by atoms with van der Waals surface area (Å²) >= 11 is 14.2. The quantitative estimate of drug-likeness (QED) is 0.291. The van der Waals surface area contributed by atoms with Gasteiger partial charge in [0.25, 0.3) is 0 Å². The largest absolute Gasteiger partial charge is 0.486 e. The van der Waals surface area contributed by atoms with Gasteiger partial charge < -0.3 is 15.4 Å². The van der Waals surface area contributed by atoms with Crippen molar-refractivity contribution in [3.8, 4) is 17.1 Å². The summed E-state index contributed by atoms with van der Waals surface area (Å²) in [5.74, 6) is 1.41. The first-order chi connectivity index (χ1) is 17.8. The number of aromatic amines is 1. The van der Waals surface area contributed by atoms with Crippen molar-refractivity contribution in [2.45, 2.75) is 25.5 Å². The monoisotopic (exact) mass is 552 g/mol. The number of hydrogen-bond donors (Lipinski definition) is 2. The highest BCUT2D eigenvalue weighted by molar-refractivity contribution is 7.09. The molecule has 5 aromatic rings. The fourth-order valence-corrected chi connectivity index (χ4v) is 6.04. The van der Waals surface area contributed by atoms with Crippen LogP contribution in [0.5, 0.6) is 5.75 Å². The molecule has 0 unspecified atom stereocenters. The highest BCUT2D eigenvalue weighted by Gasteiger charge is 2.44. The van der Waals surface area contributed by atoms with Crippen molar-refractivity contribution >= 4 is 51.3 Å². The van der Waals surface area contributed by atoms with Gasteiger partial charge in [-0.2, -0.15) is 5.10 Å². The van der Waals surface area contributed by atoms with Crippen LogP contribution in [0.1, 0.15) is 29.3 Å². The van der Waals surface area contributed by atoms with Crippen molar-refractivity contribution in [3.05, 3.63) is 74.4 Å². The Kier molecular flexibility index (Phi) is 5.99. The Bertz CT molecular complexity index is 1580. The molecule has 1 atom stereocenters. The standard InChI is InChI=1S/C25H22Cl2N8OS/c1-13-10-37-24(30-13)25(28)11-35(12-25)21-6-5-20(32-33-21)23-16-7-15(3-4-19(16)31-34-23)36-14(2)22-17(26)8-29-9-18(22)27/h3-10,14H,11-12,28H2,1-2H3,(H,31,34)/t14-/m1/s1. The van der Waals surface area contributed by atoms with Crippen LogP contribution in [0.15, 0.2) is 48.1 Å². The molecule has 1 fully saturated rings. The highest BCUT2D eigenvalue weighted by atomic mass is 35.5. The fourth-order valence-electron chi connectivity index (χ4n) is 4.47. The molecular weight excluding hydrogens is 531 g/mol. The molecule has 1 aliphatic heterocycles. The van der Waals surface area contributed by atoms with Gasteiger partial charge in [0.05, 0.1) is 15.6 Å². The third kappa shape index (κ3) is 4.40. The highest BCUT2D eigenvalue weighted by Crippen LogP contribution is 2.36. The average molecular weight is 553 g/mol. The second-order valence-corrected chi connectivity index (χ2v) is 10.8. The van der Waals surface area contributed by atoms with Crippen molar-refractivity contribution in [1.82, 2.24) is 30.4 Å². The summed E-state index contributed by atoms with van der Waals surface area (Å²) in [5.41, 5.74) is 9.97. The zero-order valence-electron chi connectivity index (χ0n) is 19.9. The van der Waals surface area contributed by atoms with Crippen LogP contribution in [0.2, 0.25) is 10.0 Å². The number of rotatable bonds is 6. The molecule has 188 valence electrons. The molecule has 0 saturated carbocycles. The Labute approximate surface area is 226 Å². The number of H-pyrrole nitrogens is 1. The molecule has 0 radical (unpaired) electrons. The predicted octanol–water partition coefficient (Wildman–Crippen LogP) is 5.30. The van der Waals surface area contributed by atoms with E-state index in [1.54, 1.807) is 23.7 Å². The van der Waals surface area contributed by atoms with Gasteiger partial charge in [-0.05, 0) is 44.2 Å². The van der Waals surface area contributed by atoms with Gasteiger partial charge in [0.15, 0.2) is 5.82 Å². The smallest absolute Gasteiger partial charge is 0.151 e. The van der Waals surface area contributed by atoms with Gasteiger partial charge in [0, 0.05) is 47.5 Å². The third-order valence-corrected chi connectivity index (χ3v) is 8.13. The minimum absolute atomic E-state index is 0.380. The van der Waals surface area contributed by atoms with Gasteiger partial charge in [0.2, 0.25) is 0 Å². The summed E-state index contributed by atoms with van der Waals surface area (Å²) in [4.78, 5) is 10.7. The van der Waals surface area contributed by atoms with E-state index in [0.717, 1.165) is 27.4 Å². The van der Waals surface area contributed by atoms with Crippen LogP contribution in [0.4, 0.5) is 5.82 Å². The molecule has 1 aromatic carbocycles. The number of nitrogens with one attached hydrogen (secondary N) is 1. The van der Waals surface area contributed by atoms with E-state index in [1.807, 2.05) is 49.6 Å². The summed E-state index contributed by atoms with van der Waals surface area (Å²) in [6, 6.07) is 9.54. The number of fused-ring (bicyclic) bond motifs is 1. The summed E-state index contributed by atoms with van der Waals surface area (Å²) in [6.45, 7) is 5.15. The molecule has 12 heteroatoms. The van der Waals surface area contributed by atoms with Crippen LogP contribution in [0, 0.1) is 6.92 Å². The Morgan fingerprint density at radius 1 is 1.14 bits per heavy atom. The van der Waals surface area contributed by atoms with E-state index in [9.17, 15) is 0 Å². The van der Waals surface area contributed by atoms with Crippen LogP contribution in [0.25, 0.3) is 22.3 Å². The van der Waals surface area contributed by atoms with Crippen molar-refractivity contribution in [2.75, 3.05) is 18.0 Å². The first-order valence-corrected chi connectivity index (χ1v) is 13.2. The van der Waals surface area contributed by atoms with E-state index in [-0.39, 0.29) is 6.10 Å². The molecule has 4 aromatic heterocycles. The second kappa shape index (κ2) is 9.21. The van der Waals surface area contributed by atoms with E-state index in [0.29, 0.717) is 45.8 Å². The number of hydrogen-bond acceptors (Lipinski definition) is 9. The van der Waals surface area contributed by atoms with Crippen LogP contribution in [-0.2, 0) is 5.54 Å². The summed E-state index contributed by atoms with van der Waals surface area (Å²) in [7, 11) is 0. The van der Waals surface area contributed by atoms with Gasteiger partial charge in [-0.1, -0.05) is 23.2 Å². The van der Waals surface area contributed by atoms with Crippen molar-refractivity contribution in [2.24, 2.45) is 5.73 Å². The maximum atomic E-state index is 6.55. The Morgan fingerprint density at radius 2 is 1.92 bits per heavy atom. The molecule has 6 rings (SSSR count). The normalized spacial score (nSPS) is 15.5. The molecule has 37 heavy (non-hydrogen) atoms. The molecule has 0 bridgehead atoms. The number of nitrogens with zero attached hydrogens (tertiary/aromatic N) is 6. The molecule has 0 spiro atoms. The first kappa shape index (κ1) is 24.1. The minimum Gasteiger partial charge on any atom is -0.486 e. The number of halogens is 2. The molecular formula is C25H22Cl2N8OS. The Morgan fingerprint density at radius 3 is 2.59 bits per heavy atom. The van der Waals surface area contributed by atoms with Crippen LogP contribution in [-0.4, -0.2) is 43.5 Å². The lowest BCUT2D eigenvalue weighted by molar-refractivity contribution is 0.227. The number of aryl methyl sites for hydroxylation is 1. The molecule has 9 nitrogen and oxygen atoms in total.